The number of aliphatic imine (C=N–C) groups is 1. The lowest BCUT2D eigenvalue weighted by Gasteiger charge is -2.30. The van der Waals surface area contributed by atoms with E-state index >= 15 is 0 Å². The average Bonchev–Trinajstić information content (AvgIpc) is 3.13. The van der Waals surface area contributed by atoms with Gasteiger partial charge < -0.3 is 10.6 Å². The van der Waals surface area contributed by atoms with Crippen molar-refractivity contribution in [1.82, 2.24) is 19.8 Å². The highest BCUT2D eigenvalue weighted by Crippen LogP contribution is 2.25. The highest BCUT2D eigenvalue weighted by atomic mass is 127. The fourth-order valence-electron chi connectivity index (χ4n) is 3.26. The Morgan fingerprint density at radius 1 is 1.07 bits per heavy atom. The number of thiophene rings is 1. The van der Waals surface area contributed by atoms with Crippen LogP contribution in [-0.2, 0) is 16.4 Å². The van der Waals surface area contributed by atoms with Crippen molar-refractivity contribution in [2.24, 2.45) is 4.99 Å². The molecule has 0 aliphatic rings. The molecule has 0 fully saturated rings. The number of sulfonamides is 1. The Hall–Kier alpha value is -0.430. The van der Waals surface area contributed by atoms with Crippen LogP contribution in [0.15, 0.2) is 21.3 Å². The van der Waals surface area contributed by atoms with Gasteiger partial charge in [0.1, 0.15) is 4.21 Å². The fraction of sp³-hybridized carbons (Fsp3) is 0.750. The monoisotopic (exact) mass is 573 g/mol. The maximum atomic E-state index is 12.6. The van der Waals surface area contributed by atoms with Crippen molar-refractivity contribution in [3.8, 4) is 0 Å². The van der Waals surface area contributed by atoms with E-state index in [0.717, 1.165) is 30.3 Å². The first-order chi connectivity index (χ1) is 13.7. The lowest BCUT2D eigenvalue weighted by atomic mass is 10.2. The van der Waals surface area contributed by atoms with Crippen molar-refractivity contribution in [3.05, 3.63) is 17.0 Å². The van der Waals surface area contributed by atoms with Crippen molar-refractivity contribution >= 4 is 51.3 Å². The second kappa shape index (κ2) is 14.6. The summed E-state index contributed by atoms with van der Waals surface area (Å²) in [5, 5.41) is 6.66. The van der Waals surface area contributed by atoms with Crippen LogP contribution in [0.1, 0.15) is 46.4 Å². The standard InChI is InChI=1S/C20H39N5O2S2.HI/c1-8-24(9-2)29(26,27)19-11-10-18(28-19)12-13-22-20(21-7)23-14-15-25(16(3)4)17(5)6;/h10-11,16-17H,8-9,12-15H2,1-7H3,(H2,21,22,23);1H. The minimum Gasteiger partial charge on any atom is -0.356 e. The van der Waals surface area contributed by atoms with Crippen molar-refractivity contribution in [1.29, 1.82) is 0 Å². The molecule has 0 aromatic carbocycles. The number of nitrogens with one attached hydrogen (secondary N) is 2. The van der Waals surface area contributed by atoms with Crippen LogP contribution in [0.2, 0.25) is 0 Å². The third-order valence-corrected chi connectivity index (χ3v) is 8.48. The summed E-state index contributed by atoms with van der Waals surface area (Å²) in [4.78, 5) is 7.75. The molecule has 1 aromatic rings. The van der Waals surface area contributed by atoms with Crippen LogP contribution >= 0.6 is 35.3 Å². The smallest absolute Gasteiger partial charge is 0.252 e. The lowest BCUT2D eigenvalue weighted by molar-refractivity contribution is 0.178. The van der Waals surface area contributed by atoms with Crippen LogP contribution in [0.4, 0.5) is 0 Å². The van der Waals surface area contributed by atoms with Gasteiger partial charge in [-0.1, -0.05) is 13.8 Å². The summed E-state index contributed by atoms with van der Waals surface area (Å²) in [7, 11) is -1.61. The molecule has 1 aromatic heterocycles. The van der Waals surface area contributed by atoms with Crippen LogP contribution < -0.4 is 10.6 Å². The molecule has 2 N–H and O–H groups in total. The lowest BCUT2D eigenvalue weighted by Crippen LogP contribution is -2.45. The Bertz CT molecular complexity index is 723. The van der Waals surface area contributed by atoms with E-state index in [-0.39, 0.29) is 24.0 Å². The van der Waals surface area contributed by atoms with E-state index in [1.807, 2.05) is 19.9 Å². The van der Waals surface area contributed by atoms with E-state index in [1.165, 1.54) is 15.6 Å². The fourth-order valence-corrected chi connectivity index (χ4v) is 6.23. The molecule has 0 bridgehead atoms. The summed E-state index contributed by atoms with van der Waals surface area (Å²) in [6.45, 7) is 16.0. The third kappa shape index (κ3) is 8.97. The highest BCUT2D eigenvalue weighted by Gasteiger charge is 2.23. The van der Waals surface area contributed by atoms with Gasteiger partial charge in [-0.3, -0.25) is 9.89 Å². The zero-order valence-electron chi connectivity index (χ0n) is 19.4. The normalized spacial score (nSPS) is 12.7. The maximum absolute atomic E-state index is 12.6. The van der Waals surface area contributed by atoms with E-state index in [1.54, 1.807) is 13.1 Å². The molecule has 7 nitrogen and oxygen atoms in total. The van der Waals surface area contributed by atoms with Crippen LogP contribution in [0, 0.1) is 0 Å². The van der Waals surface area contributed by atoms with Gasteiger partial charge in [0.2, 0.25) is 0 Å². The summed E-state index contributed by atoms with van der Waals surface area (Å²) >= 11 is 1.35. The molecule has 0 saturated heterocycles. The van der Waals surface area contributed by atoms with E-state index in [2.05, 4.69) is 48.2 Å². The van der Waals surface area contributed by atoms with Gasteiger partial charge in [0.15, 0.2) is 5.96 Å². The molecule has 0 atom stereocenters. The van der Waals surface area contributed by atoms with Crippen molar-refractivity contribution in [2.45, 2.75) is 64.3 Å². The molecule has 1 heterocycles. The Kier molecular flexibility index (Phi) is 14.4. The SMILES string of the molecule is CCN(CC)S(=O)(=O)c1ccc(CCNC(=NC)NCCN(C(C)C)C(C)C)s1.I. The zero-order chi connectivity index (χ0) is 22.0. The molecule has 10 heteroatoms. The van der Waals surface area contributed by atoms with Gasteiger partial charge in [-0.25, -0.2) is 8.42 Å². The minimum atomic E-state index is -3.37. The summed E-state index contributed by atoms with van der Waals surface area (Å²) in [6, 6.07) is 4.63. The minimum absolute atomic E-state index is 0. The first kappa shape index (κ1) is 29.6. The topological polar surface area (TPSA) is 77.0 Å². The van der Waals surface area contributed by atoms with E-state index in [9.17, 15) is 8.42 Å². The Morgan fingerprint density at radius 3 is 2.13 bits per heavy atom. The first-order valence-corrected chi connectivity index (χ1v) is 12.7. The summed E-state index contributed by atoms with van der Waals surface area (Å²) < 4.78 is 27.1. The van der Waals surface area contributed by atoms with E-state index < -0.39 is 10.0 Å². The molecule has 0 aliphatic heterocycles. The second-order valence-electron chi connectivity index (χ2n) is 7.41. The van der Waals surface area contributed by atoms with Crippen LogP contribution in [0.5, 0.6) is 0 Å². The Balaban J connectivity index is 0.00000841. The molecule has 0 unspecified atom stereocenters. The molecule has 176 valence electrons. The van der Waals surface area contributed by atoms with Gasteiger partial charge in [-0.2, -0.15) is 4.31 Å². The molecule has 0 aliphatic carbocycles. The molecule has 0 spiro atoms. The van der Waals surface area contributed by atoms with Crippen molar-refractivity contribution in [3.63, 3.8) is 0 Å². The number of nitrogens with zero attached hydrogens (tertiary/aromatic N) is 3. The number of halogens is 1. The van der Waals surface area contributed by atoms with Gasteiger partial charge in [0.25, 0.3) is 10.0 Å². The Morgan fingerprint density at radius 2 is 1.63 bits per heavy atom. The van der Waals surface area contributed by atoms with Gasteiger partial charge in [-0.05, 0) is 46.2 Å². The number of guanidine groups is 1. The molecule has 30 heavy (non-hydrogen) atoms. The quantitative estimate of drug-likeness (QED) is 0.228. The van der Waals surface area contributed by atoms with Gasteiger partial charge in [-0.15, -0.1) is 35.3 Å². The largest absolute Gasteiger partial charge is 0.356 e. The van der Waals surface area contributed by atoms with Crippen LogP contribution in [0.25, 0.3) is 0 Å². The molecule has 0 radical (unpaired) electrons. The molecule has 1 rings (SSSR count). The number of hydrogen-bond acceptors (Lipinski definition) is 5. The summed E-state index contributed by atoms with van der Waals surface area (Å²) in [5.74, 6) is 0.769. The molecule has 0 saturated carbocycles. The number of hydrogen-bond donors (Lipinski definition) is 2. The van der Waals surface area contributed by atoms with E-state index in [4.69, 9.17) is 0 Å². The first-order valence-electron chi connectivity index (χ1n) is 10.5. The molecule has 0 amide bonds. The average molecular weight is 574 g/mol. The predicted octanol–water partition coefficient (Wildman–Crippen LogP) is 3.22. The summed E-state index contributed by atoms with van der Waals surface area (Å²) in [5.41, 5.74) is 0. The van der Waals surface area contributed by atoms with Crippen molar-refractivity contribution in [2.75, 3.05) is 39.8 Å². The second-order valence-corrected chi connectivity index (χ2v) is 10.7. The van der Waals surface area contributed by atoms with Crippen LogP contribution in [-0.4, -0.2) is 75.4 Å². The van der Waals surface area contributed by atoms with Gasteiger partial charge >= 0.3 is 0 Å². The van der Waals surface area contributed by atoms with E-state index in [0.29, 0.717) is 35.9 Å². The third-order valence-electron chi connectivity index (χ3n) is 4.81. The maximum Gasteiger partial charge on any atom is 0.252 e. The van der Waals surface area contributed by atoms with Crippen LogP contribution in [0.3, 0.4) is 0 Å². The Labute approximate surface area is 204 Å². The zero-order valence-corrected chi connectivity index (χ0v) is 23.4. The predicted molar refractivity (Wildman–Crippen MR) is 140 cm³/mol. The van der Waals surface area contributed by atoms with Crippen molar-refractivity contribution < 1.29 is 8.42 Å². The highest BCUT2D eigenvalue weighted by molar-refractivity contribution is 14.0. The molecular weight excluding hydrogens is 533 g/mol. The number of rotatable bonds is 12. The molecular formula is C20H40IN5O2S2. The summed E-state index contributed by atoms with van der Waals surface area (Å²) in [6.07, 6.45) is 0.753. The van der Waals surface area contributed by atoms with Gasteiger partial charge in [0.05, 0.1) is 0 Å². The van der Waals surface area contributed by atoms with Gasteiger partial charge in [0, 0.05) is 56.7 Å².